The third kappa shape index (κ3) is 5.73. The van der Waals surface area contributed by atoms with Crippen molar-refractivity contribution in [2.45, 2.75) is 39.5 Å². The molecule has 0 fully saturated rings. The molecule has 6 heteroatoms. The number of carbonyl (C=O) groups is 2. The van der Waals surface area contributed by atoms with E-state index >= 15 is 0 Å². The van der Waals surface area contributed by atoms with Crippen LogP contribution in [0.25, 0.3) is 0 Å². The largest absolute Gasteiger partial charge is 0.494 e. The molecule has 1 aliphatic heterocycles. The van der Waals surface area contributed by atoms with Gasteiger partial charge in [0, 0.05) is 18.7 Å². The Morgan fingerprint density at radius 3 is 2.72 bits per heavy atom. The van der Waals surface area contributed by atoms with Crippen LogP contribution in [0.3, 0.4) is 0 Å². The highest BCUT2D eigenvalue weighted by Crippen LogP contribution is 2.34. The van der Waals surface area contributed by atoms with Gasteiger partial charge in [0.25, 0.3) is 5.91 Å². The van der Waals surface area contributed by atoms with E-state index in [1.807, 2.05) is 31.2 Å². The van der Waals surface area contributed by atoms with E-state index in [4.69, 9.17) is 9.47 Å². The fourth-order valence-electron chi connectivity index (χ4n) is 3.13. The van der Waals surface area contributed by atoms with Gasteiger partial charge in [0.05, 0.1) is 12.3 Å². The Balaban J connectivity index is 1.60. The maximum Gasteiger partial charge on any atom is 0.265 e. The van der Waals surface area contributed by atoms with Crippen molar-refractivity contribution in [3.8, 4) is 11.5 Å². The number of hydrogen-bond acceptors (Lipinski definition) is 4. The molecule has 0 saturated heterocycles. The number of rotatable bonds is 9. The summed E-state index contributed by atoms with van der Waals surface area (Å²) in [4.78, 5) is 26.1. The van der Waals surface area contributed by atoms with Gasteiger partial charge in [0.15, 0.2) is 6.61 Å². The number of fused-ring (bicyclic) bond motifs is 1. The SMILES string of the molecule is CCCCC(=O)Nc1ccc2c(c1)N(CCCOc1ccc(C)cc1)C(=O)CO2. The lowest BCUT2D eigenvalue weighted by atomic mass is 10.2. The van der Waals surface area contributed by atoms with Crippen molar-refractivity contribution in [3.63, 3.8) is 0 Å². The van der Waals surface area contributed by atoms with Crippen LogP contribution < -0.4 is 19.7 Å². The van der Waals surface area contributed by atoms with Gasteiger partial charge < -0.3 is 19.7 Å². The summed E-state index contributed by atoms with van der Waals surface area (Å²) in [6.07, 6.45) is 3.00. The Hall–Kier alpha value is -3.02. The van der Waals surface area contributed by atoms with E-state index < -0.39 is 0 Å². The zero-order valence-electron chi connectivity index (χ0n) is 17.1. The molecule has 0 atom stereocenters. The minimum absolute atomic E-state index is 0.0205. The van der Waals surface area contributed by atoms with Crippen LogP contribution in [0.2, 0.25) is 0 Å². The highest BCUT2D eigenvalue weighted by Gasteiger charge is 2.25. The molecule has 29 heavy (non-hydrogen) atoms. The second kappa shape index (κ2) is 9.96. The zero-order valence-corrected chi connectivity index (χ0v) is 17.1. The van der Waals surface area contributed by atoms with E-state index in [1.54, 1.807) is 23.1 Å². The summed E-state index contributed by atoms with van der Waals surface area (Å²) in [7, 11) is 0. The maximum absolute atomic E-state index is 12.4. The van der Waals surface area contributed by atoms with Gasteiger partial charge in [-0.15, -0.1) is 0 Å². The lowest BCUT2D eigenvalue weighted by molar-refractivity contribution is -0.121. The topological polar surface area (TPSA) is 67.9 Å². The Labute approximate surface area is 171 Å². The molecule has 0 aromatic heterocycles. The molecule has 0 aliphatic carbocycles. The summed E-state index contributed by atoms with van der Waals surface area (Å²) in [6.45, 7) is 5.14. The summed E-state index contributed by atoms with van der Waals surface area (Å²) in [6, 6.07) is 13.3. The maximum atomic E-state index is 12.4. The number of benzene rings is 2. The van der Waals surface area contributed by atoms with Crippen molar-refractivity contribution in [2.75, 3.05) is 30.0 Å². The smallest absolute Gasteiger partial charge is 0.265 e. The fraction of sp³-hybridized carbons (Fsp3) is 0.391. The van der Waals surface area contributed by atoms with Crippen molar-refractivity contribution < 1.29 is 19.1 Å². The highest BCUT2D eigenvalue weighted by molar-refractivity contribution is 5.99. The molecule has 0 saturated carbocycles. The first-order valence-electron chi connectivity index (χ1n) is 10.1. The third-order valence-electron chi connectivity index (χ3n) is 4.76. The lowest BCUT2D eigenvalue weighted by Gasteiger charge is -2.30. The highest BCUT2D eigenvalue weighted by atomic mass is 16.5. The van der Waals surface area contributed by atoms with Gasteiger partial charge in [-0.25, -0.2) is 0 Å². The van der Waals surface area contributed by atoms with Crippen LogP contribution in [0.4, 0.5) is 11.4 Å². The molecule has 0 unspecified atom stereocenters. The summed E-state index contributed by atoms with van der Waals surface area (Å²) in [5.74, 6) is 1.35. The van der Waals surface area contributed by atoms with Crippen LogP contribution in [0, 0.1) is 6.92 Å². The number of nitrogens with one attached hydrogen (secondary N) is 1. The lowest BCUT2D eigenvalue weighted by Crippen LogP contribution is -2.39. The van der Waals surface area contributed by atoms with Crippen molar-refractivity contribution in [1.82, 2.24) is 0 Å². The Morgan fingerprint density at radius 2 is 1.97 bits per heavy atom. The number of amides is 2. The summed E-state index contributed by atoms with van der Waals surface area (Å²) >= 11 is 0. The number of anilines is 2. The third-order valence-corrected chi connectivity index (χ3v) is 4.76. The molecular weight excluding hydrogens is 368 g/mol. The van der Waals surface area contributed by atoms with Gasteiger partial charge in [-0.3, -0.25) is 9.59 Å². The van der Waals surface area contributed by atoms with Gasteiger partial charge in [0.1, 0.15) is 11.5 Å². The van der Waals surface area contributed by atoms with E-state index in [0.29, 0.717) is 43.1 Å². The molecule has 154 valence electrons. The molecule has 2 amide bonds. The Bertz CT molecular complexity index is 848. The Kier molecular flexibility index (Phi) is 7.11. The average molecular weight is 396 g/mol. The van der Waals surface area contributed by atoms with Gasteiger partial charge >= 0.3 is 0 Å². The van der Waals surface area contributed by atoms with E-state index in [2.05, 4.69) is 12.2 Å². The predicted octanol–water partition coefficient (Wildman–Crippen LogP) is 4.32. The van der Waals surface area contributed by atoms with Crippen molar-refractivity contribution >= 4 is 23.2 Å². The number of hydrogen-bond donors (Lipinski definition) is 1. The molecule has 1 aliphatic rings. The molecule has 0 radical (unpaired) electrons. The second-order valence-electron chi connectivity index (χ2n) is 7.18. The van der Waals surface area contributed by atoms with Crippen LogP contribution in [0.1, 0.15) is 38.2 Å². The van der Waals surface area contributed by atoms with Gasteiger partial charge in [-0.05, 0) is 50.1 Å². The van der Waals surface area contributed by atoms with Crippen LogP contribution in [0.15, 0.2) is 42.5 Å². The number of unbranched alkanes of at least 4 members (excludes halogenated alkanes) is 1. The number of aryl methyl sites for hydroxylation is 1. The van der Waals surface area contributed by atoms with Crippen LogP contribution >= 0.6 is 0 Å². The zero-order chi connectivity index (χ0) is 20.6. The molecule has 3 rings (SSSR count). The molecule has 2 aromatic rings. The van der Waals surface area contributed by atoms with Gasteiger partial charge in [-0.1, -0.05) is 31.0 Å². The minimum atomic E-state index is -0.0951. The molecule has 1 N–H and O–H groups in total. The molecule has 0 bridgehead atoms. The number of ether oxygens (including phenoxy) is 2. The molecule has 2 aromatic carbocycles. The van der Waals surface area contributed by atoms with E-state index in [9.17, 15) is 9.59 Å². The number of nitrogens with zero attached hydrogens (tertiary/aromatic N) is 1. The second-order valence-corrected chi connectivity index (χ2v) is 7.18. The van der Waals surface area contributed by atoms with E-state index in [-0.39, 0.29) is 18.4 Å². The molecular formula is C23H28N2O4. The average Bonchev–Trinajstić information content (AvgIpc) is 2.72. The first-order chi connectivity index (χ1) is 14.1. The standard InChI is InChI=1S/C23H28N2O4/c1-3-4-6-22(26)24-18-9-12-21-20(15-18)25(23(27)16-29-21)13-5-14-28-19-10-7-17(2)8-11-19/h7-12,15H,3-6,13-14,16H2,1-2H3,(H,24,26). The quantitative estimate of drug-likeness (QED) is 0.641. The fourth-order valence-corrected chi connectivity index (χ4v) is 3.13. The van der Waals surface area contributed by atoms with Crippen LogP contribution in [0.5, 0.6) is 11.5 Å². The molecule has 1 heterocycles. The predicted molar refractivity (Wildman–Crippen MR) is 114 cm³/mol. The Morgan fingerprint density at radius 1 is 1.17 bits per heavy atom. The normalized spacial score (nSPS) is 12.9. The summed E-state index contributed by atoms with van der Waals surface area (Å²) in [5, 5.41) is 2.90. The van der Waals surface area contributed by atoms with Crippen molar-refractivity contribution in [2.24, 2.45) is 0 Å². The van der Waals surface area contributed by atoms with Gasteiger partial charge in [-0.2, -0.15) is 0 Å². The van der Waals surface area contributed by atoms with E-state index in [1.165, 1.54) is 5.56 Å². The monoisotopic (exact) mass is 396 g/mol. The first kappa shape index (κ1) is 20.7. The molecule has 0 spiro atoms. The van der Waals surface area contributed by atoms with Crippen molar-refractivity contribution in [1.29, 1.82) is 0 Å². The minimum Gasteiger partial charge on any atom is -0.494 e. The summed E-state index contributed by atoms with van der Waals surface area (Å²) in [5.41, 5.74) is 2.54. The van der Waals surface area contributed by atoms with Crippen LogP contribution in [-0.2, 0) is 9.59 Å². The van der Waals surface area contributed by atoms with Gasteiger partial charge in [0.2, 0.25) is 5.91 Å². The molecule has 6 nitrogen and oxygen atoms in total. The van der Waals surface area contributed by atoms with Crippen LogP contribution in [-0.4, -0.2) is 31.6 Å². The van der Waals surface area contributed by atoms with E-state index in [0.717, 1.165) is 18.6 Å². The summed E-state index contributed by atoms with van der Waals surface area (Å²) < 4.78 is 11.3. The van der Waals surface area contributed by atoms with Crippen molar-refractivity contribution in [3.05, 3.63) is 48.0 Å². The first-order valence-corrected chi connectivity index (χ1v) is 10.1. The number of carbonyl (C=O) groups excluding carboxylic acids is 2.